The third-order valence-electron chi connectivity index (χ3n) is 3.90. The molecule has 6 heteroatoms. The molecule has 0 unspecified atom stereocenters. The van der Waals surface area contributed by atoms with Gasteiger partial charge in [-0.2, -0.15) is 5.10 Å². The Labute approximate surface area is 153 Å². The highest BCUT2D eigenvalue weighted by molar-refractivity contribution is 5.93. The normalized spacial score (nSPS) is 10.6. The lowest BCUT2D eigenvalue weighted by molar-refractivity contribution is -0.124. The molecule has 2 aromatic rings. The molecule has 6 nitrogen and oxygen atoms in total. The molecule has 0 heterocycles. The first-order chi connectivity index (χ1) is 12.5. The van der Waals surface area contributed by atoms with E-state index in [0.717, 1.165) is 22.4 Å². The van der Waals surface area contributed by atoms with E-state index in [9.17, 15) is 9.59 Å². The molecule has 0 radical (unpaired) electrons. The maximum atomic E-state index is 11.9. The van der Waals surface area contributed by atoms with Gasteiger partial charge >= 0.3 is 0 Å². The van der Waals surface area contributed by atoms with E-state index in [0.29, 0.717) is 5.75 Å². The minimum atomic E-state index is -0.327. The number of anilines is 1. The summed E-state index contributed by atoms with van der Waals surface area (Å²) in [5.74, 6) is 0.127. The third-order valence-corrected chi connectivity index (χ3v) is 3.90. The van der Waals surface area contributed by atoms with E-state index in [-0.39, 0.29) is 24.7 Å². The van der Waals surface area contributed by atoms with Crippen LogP contribution >= 0.6 is 0 Å². The van der Waals surface area contributed by atoms with Crippen LogP contribution in [0.2, 0.25) is 0 Å². The molecule has 2 rings (SSSR count). The van der Waals surface area contributed by atoms with E-state index >= 15 is 0 Å². The summed E-state index contributed by atoms with van der Waals surface area (Å²) in [6.07, 6.45) is 1.65. The Bertz CT molecular complexity index is 816. The molecule has 26 heavy (non-hydrogen) atoms. The summed E-state index contributed by atoms with van der Waals surface area (Å²) in [4.78, 5) is 23.8. The Morgan fingerprint density at radius 1 is 1.04 bits per heavy atom. The molecular weight excluding hydrogens is 330 g/mol. The van der Waals surface area contributed by atoms with Crippen LogP contribution in [0.15, 0.2) is 47.6 Å². The Hall–Kier alpha value is -3.15. The number of methoxy groups -OCH3 is 1. The Morgan fingerprint density at radius 2 is 1.77 bits per heavy atom. The van der Waals surface area contributed by atoms with Gasteiger partial charge < -0.3 is 10.1 Å². The molecule has 2 N–H and O–H groups in total. The van der Waals surface area contributed by atoms with Crippen molar-refractivity contribution < 1.29 is 14.3 Å². The third kappa shape index (κ3) is 5.73. The van der Waals surface area contributed by atoms with Gasteiger partial charge in [0, 0.05) is 24.1 Å². The van der Waals surface area contributed by atoms with Crippen LogP contribution in [0.5, 0.6) is 5.75 Å². The number of aryl methyl sites for hydroxylation is 2. The second-order valence-electron chi connectivity index (χ2n) is 5.88. The van der Waals surface area contributed by atoms with E-state index in [1.807, 2.05) is 50.2 Å². The monoisotopic (exact) mass is 353 g/mol. The summed E-state index contributed by atoms with van der Waals surface area (Å²) in [5.41, 5.74) is 6.16. The highest BCUT2D eigenvalue weighted by atomic mass is 16.5. The van der Waals surface area contributed by atoms with Crippen molar-refractivity contribution in [2.75, 3.05) is 12.4 Å². The van der Waals surface area contributed by atoms with E-state index < -0.39 is 0 Å². The first kappa shape index (κ1) is 19.2. The number of hydrogen-bond donors (Lipinski definition) is 2. The summed E-state index contributed by atoms with van der Waals surface area (Å²) >= 11 is 0. The average molecular weight is 353 g/mol. The van der Waals surface area contributed by atoms with Crippen LogP contribution in [0.1, 0.15) is 29.5 Å². The van der Waals surface area contributed by atoms with Crippen LogP contribution in [0, 0.1) is 13.8 Å². The molecular formula is C20H23N3O3. The van der Waals surface area contributed by atoms with Crippen molar-refractivity contribution in [3.63, 3.8) is 0 Å². The molecule has 2 amide bonds. The van der Waals surface area contributed by atoms with Gasteiger partial charge in [0.25, 0.3) is 0 Å². The van der Waals surface area contributed by atoms with Crippen molar-refractivity contribution in [1.82, 2.24) is 5.43 Å². The van der Waals surface area contributed by atoms with Crippen molar-refractivity contribution in [3.8, 4) is 5.75 Å². The Kier molecular flexibility index (Phi) is 6.91. The summed E-state index contributed by atoms with van der Waals surface area (Å²) in [6.45, 7) is 4.00. The number of nitrogens with zero attached hydrogens (tertiary/aromatic N) is 1. The van der Waals surface area contributed by atoms with Crippen molar-refractivity contribution in [3.05, 3.63) is 59.2 Å². The van der Waals surface area contributed by atoms with Crippen molar-refractivity contribution in [2.24, 2.45) is 5.10 Å². The van der Waals surface area contributed by atoms with Crippen LogP contribution in [0.25, 0.3) is 0 Å². The lowest BCUT2D eigenvalue weighted by Crippen LogP contribution is -2.20. The maximum Gasteiger partial charge on any atom is 0.240 e. The minimum absolute atomic E-state index is 0.0555. The first-order valence-corrected chi connectivity index (χ1v) is 8.31. The summed E-state index contributed by atoms with van der Waals surface area (Å²) in [6, 6.07) is 13.0. The second-order valence-corrected chi connectivity index (χ2v) is 5.88. The van der Waals surface area contributed by atoms with Gasteiger partial charge in [0.15, 0.2) is 0 Å². The molecule has 0 saturated carbocycles. The molecule has 136 valence electrons. The van der Waals surface area contributed by atoms with Crippen molar-refractivity contribution >= 4 is 23.7 Å². The molecule has 2 aromatic carbocycles. The Morgan fingerprint density at radius 3 is 2.50 bits per heavy atom. The molecule has 0 atom stereocenters. The van der Waals surface area contributed by atoms with Crippen LogP contribution < -0.4 is 15.5 Å². The predicted octanol–water partition coefficient (Wildman–Crippen LogP) is 3.18. The number of para-hydroxylation sites is 1. The molecule has 0 aliphatic carbocycles. The highest BCUT2D eigenvalue weighted by Gasteiger charge is 2.07. The fourth-order valence-electron chi connectivity index (χ4n) is 2.27. The Balaban J connectivity index is 1.78. The summed E-state index contributed by atoms with van der Waals surface area (Å²) < 4.78 is 5.20. The number of amides is 2. The molecule has 0 bridgehead atoms. The highest BCUT2D eigenvalue weighted by Crippen LogP contribution is 2.15. The van der Waals surface area contributed by atoms with Gasteiger partial charge in [0.1, 0.15) is 5.75 Å². The number of nitrogens with one attached hydrogen (secondary N) is 2. The van der Waals surface area contributed by atoms with Crippen molar-refractivity contribution in [1.29, 1.82) is 0 Å². The summed E-state index contributed by atoms with van der Waals surface area (Å²) in [7, 11) is 1.57. The molecule has 0 aliphatic heterocycles. The van der Waals surface area contributed by atoms with E-state index in [4.69, 9.17) is 4.74 Å². The minimum Gasteiger partial charge on any atom is -0.496 e. The molecule has 0 aromatic heterocycles. The number of carbonyl (C=O) groups excluding carboxylic acids is 2. The van der Waals surface area contributed by atoms with Crippen LogP contribution in [-0.4, -0.2) is 25.1 Å². The van der Waals surface area contributed by atoms with Gasteiger partial charge in [0.2, 0.25) is 11.8 Å². The zero-order chi connectivity index (χ0) is 18.9. The molecule has 0 spiro atoms. The number of ether oxygens (including phenoxy) is 1. The van der Waals surface area contributed by atoms with Crippen molar-refractivity contribution in [2.45, 2.75) is 26.7 Å². The van der Waals surface area contributed by atoms with Gasteiger partial charge in [-0.3, -0.25) is 9.59 Å². The summed E-state index contributed by atoms with van der Waals surface area (Å²) in [5, 5.41) is 6.69. The maximum absolute atomic E-state index is 11.9. The van der Waals surface area contributed by atoms with Crippen LogP contribution in [-0.2, 0) is 9.59 Å². The first-order valence-electron chi connectivity index (χ1n) is 8.31. The van der Waals surface area contributed by atoms with Gasteiger partial charge in [0.05, 0.1) is 13.3 Å². The lowest BCUT2D eigenvalue weighted by Gasteiger charge is -2.07. The number of hydrazone groups is 1. The SMILES string of the molecule is COc1ccccc1/C=N/NC(=O)CCC(=O)Nc1ccc(C)c(C)c1. The molecule has 0 fully saturated rings. The zero-order valence-corrected chi connectivity index (χ0v) is 15.2. The largest absolute Gasteiger partial charge is 0.496 e. The van der Waals surface area contributed by atoms with Gasteiger partial charge in [-0.25, -0.2) is 5.43 Å². The topological polar surface area (TPSA) is 79.8 Å². The van der Waals surface area contributed by atoms with Crippen LogP contribution in [0.3, 0.4) is 0 Å². The quantitative estimate of drug-likeness (QED) is 0.593. The van der Waals surface area contributed by atoms with Gasteiger partial charge in [-0.15, -0.1) is 0 Å². The fourth-order valence-corrected chi connectivity index (χ4v) is 2.27. The van der Waals surface area contributed by atoms with E-state index in [1.54, 1.807) is 13.2 Å². The number of rotatable bonds is 7. The molecule has 0 saturated heterocycles. The fraction of sp³-hybridized carbons (Fsp3) is 0.250. The lowest BCUT2D eigenvalue weighted by atomic mass is 10.1. The number of benzene rings is 2. The predicted molar refractivity (Wildman–Crippen MR) is 103 cm³/mol. The molecule has 0 aliphatic rings. The smallest absolute Gasteiger partial charge is 0.240 e. The zero-order valence-electron chi connectivity index (χ0n) is 15.2. The van der Waals surface area contributed by atoms with E-state index in [2.05, 4.69) is 15.8 Å². The standard InChI is InChI=1S/C20H23N3O3/c1-14-8-9-17(12-15(14)2)22-19(24)10-11-20(25)23-21-13-16-6-4-5-7-18(16)26-3/h4-9,12-13H,10-11H2,1-3H3,(H,22,24)(H,23,25)/b21-13+. The number of carbonyl (C=O) groups is 2. The second kappa shape index (κ2) is 9.36. The van der Waals surface area contributed by atoms with Gasteiger partial charge in [-0.05, 0) is 49.2 Å². The average Bonchev–Trinajstić information content (AvgIpc) is 2.63. The van der Waals surface area contributed by atoms with Gasteiger partial charge in [-0.1, -0.05) is 18.2 Å². The van der Waals surface area contributed by atoms with E-state index in [1.165, 1.54) is 6.21 Å². The number of hydrogen-bond acceptors (Lipinski definition) is 4. The van der Waals surface area contributed by atoms with Crippen LogP contribution in [0.4, 0.5) is 5.69 Å².